The number of methoxy groups -OCH3 is 1. The molecule has 0 bridgehead atoms. The van der Waals surface area contributed by atoms with Crippen LogP contribution in [0.4, 0.5) is 5.69 Å². The Morgan fingerprint density at radius 1 is 0.971 bits per heavy atom. The van der Waals surface area contributed by atoms with E-state index in [0.29, 0.717) is 29.5 Å². The number of ether oxygens (including phenoxy) is 1. The lowest BCUT2D eigenvalue weighted by molar-refractivity contribution is -0.116. The molecule has 178 valence electrons. The number of amides is 2. The maximum Gasteiger partial charge on any atom is 0.253 e. The lowest BCUT2D eigenvalue weighted by atomic mass is 10.1. The Hall–Kier alpha value is -4.46. The number of aryl methyl sites for hydroxylation is 2. The molecule has 4 aromatic rings. The summed E-state index contributed by atoms with van der Waals surface area (Å²) in [6, 6.07) is 22.1. The minimum atomic E-state index is -0.262. The second-order valence-electron chi connectivity index (χ2n) is 8.00. The first-order chi connectivity index (χ1) is 17.0. The maximum absolute atomic E-state index is 12.7. The van der Waals surface area contributed by atoms with Gasteiger partial charge in [0.1, 0.15) is 5.75 Å². The van der Waals surface area contributed by atoms with Gasteiger partial charge in [-0.15, -0.1) is 0 Å². The minimum Gasteiger partial charge on any atom is -0.497 e. The normalized spacial score (nSPS) is 10.6. The van der Waals surface area contributed by atoms with Crippen molar-refractivity contribution in [3.8, 4) is 17.1 Å². The highest BCUT2D eigenvalue weighted by Crippen LogP contribution is 2.20. The molecule has 8 heteroatoms. The zero-order valence-corrected chi connectivity index (χ0v) is 19.6. The molecule has 0 saturated heterocycles. The lowest BCUT2D eigenvalue weighted by Crippen LogP contribution is -2.25. The molecule has 3 aromatic carbocycles. The quantitative estimate of drug-likeness (QED) is 0.372. The first kappa shape index (κ1) is 23.7. The van der Waals surface area contributed by atoms with Gasteiger partial charge < -0.3 is 19.9 Å². The van der Waals surface area contributed by atoms with Gasteiger partial charge in [-0.1, -0.05) is 47.1 Å². The molecule has 8 nitrogen and oxygen atoms in total. The number of nitrogens with zero attached hydrogens (tertiary/aromatic N) is 2. The molecule has 1 aromatic heterocycles. The standard InChI is InChI=1S/C27H26N4O4/c1-18-7-9-19(10-8-18)17-28-27(33)22-5-3-4-6-23(22)29-24(32)15-16-25-30-26(31-35-25)20-11-13-21(34-2)14-12-20/h3-14H,15-17H2,1-2H3,(H,28,33)(H,29,32). The first-order valence-corrected chi connectivity index (χ1v) is 11.2. The molecule has 0 unspecified atom stereocenters. The van der Waals surface area contributed by atoms with Gasteiger partial charge in [0.05, 0.1) is 18.4 Å². The predicted octanol–water partition coefficient (Wildman–Crippen LogP) is 4.55. The second kappa shape index (κ2) is 11.1. The van der Waals surface area contributed by atoms with Gasteiger partial charge in [-0.05, 0) is 48.9 Å². The van der Waals surface area contributed by atoms with Crippen LogP contribution in [-0.4, -0.2) is 29.1 Å². The van der Waals surface area contributed by atoms with Crippen LogP contribution in [0.25, 0.3) is 11.4 Å². The highest BCUT2D eigenvalue weighted by Gasteiger charge is 2.15. The van der Waals surface area contributed by atoms with E-state index in [1.165, 1.54) is 0 Å². The van der Waals surface area contributed by atoms with Gasteiger partial charge in [0.15, 0.2) is 0 Å². The van der Waals surface area contributed by atoms with Crippen molar-refractivity contribution in [1.29, 1.82) is 0 Å². The summed E-state index contributed by atoms with van der Waals surface area (Å²) < 4.78 is 10.4. The van der Waals surface area contributed by atoms with E-state index >= 15 is 0 Å². The number of aromatic nitrogens is 2. The third-order valence-corrected chi connectivity index (χ3v) is 5.40. The van der Waals surface area contributed by atoms with E-state index in [2.05, 4.69) is 20.8 Å². The molecule has 0 radical (unpaired) electrons. The number of rotatable bonds is 9. The molecular formula is C27H26N4O4. The zero-order chi connectivity index (χ0) is 24.6. The Kier molecular flexibility index (Phi) is 7.52. The summed E-state index contributed by atoms with van der Waals surface area (Å²) in [6.07, 6.45) is 0.403. The van der Waals surface area contributed by atoms with Crippen molar-refractivity contribution in [1.82, 2.24) is 15.5 Å². The molecule has 4 rings (SSSR count). The van der Waals surface area contributed by atoms with E-state index in [0.717, 1.165) is 22.4 Å². The predicted molar refractivity (Wildman–Crippen MR) is 132 cm³/mol. The molecule has 1 heterocycles. The number of benzene rings is 3. The number of nitrogens with one attached hydrogen (secondary N) is 2. The van der Waals surface area contributed by atoms with Crippen LogP contribution in [0, 0.1) is 6.92 Å². The summed E-state index contributed by atoms with van der Waals surface area (Å²) in [7, 11) is 1.60. The highest BCUT2D eigenvalue weighted by molar-refractivity contribution is 6.03. The smallest absolute Gasteiger partial charge is 0.253 e. The SMILES string of the molecule is COc1ccc(-c2noc(CCC(=O)Nc3ccccc3C(=O)NCc3ccc(C)cc3)n2)cc1. The van der Waals surface area contributed by atoms with Crippen molar-refractivity contribution in [2.75, 3.05) is 12.4 Å². The van der Waals surface area contributed by atoms with Crippen LogP contribution < -0.4 is 15.4 Å². The minimum absolute atomic E-state index is 0.129. The Labute approximate surface area is 203 Å². The van der Waals surface area contributed by atoms with E-state index in [1.807, 2.05) is 55.5 Å². The number of para-hydroxylation sites is 1. The maximum atomic E-state index is 12.7. The van der Waals surface area contributed by atoms with Crippen LogP contribution in [0.1, 0.15) is 33.8 Å². The average molecular weight is 471 g/mol. The lowest BCUT2D eigenvalue weighted by Gasteiger charge is -2.11. The number of anilines is 1. The fraction of sp³-hybridized carbons (Fsp3) is 0.185. The van der Waals surface area contributed by atoms with Gasteiger partial charge in [-0.2, -0.15) is 4.98 Å². The van der Waals surface area contributed by atoms with E-state index in [4.69, 9.17) is 9.26 Å². The topological polar surface area (TPSA) is 106 Å². The van der Waals surface area contributed by atoms with E-state index in [-0.39, 0.29) is 24.7 Å². The van der Waals surface area contributed by atoms with Gasteiger partial charge >= 0.3 is 0 Å². The third-order valence-electron chi connectivity index (χ3n) is 5.40. The molecular weight excluding hydrogens is 444 g/mol. The van der Waals surface area contributed by atoms with Crippen molar-refractivity contribution in [3.63, 3.8) is 0 Å². The van der Waals surface area contributed by atoms with Crippen molar-refractivity contribution in [2.24, 2.45) is 0 Å². The summed E-state index contributed by atoms with van der Waals surface area (Å²) in [4.78, 5) is 29.7. The van der Waals surface area contributed by atoms with Crippen LogP contribution in [-0.2, 0) is 17.8 Å². The second-order valence-corrected chi connectivity index (χ2v) is 8.00. The fourth-order valence-corrected chi connectivity index (χ4v) is 3.42. The van der Waals surface area contributed by atoms with Gasteiger partial charge in [0.25, 0.3) is 5.91 Å². The van der Waals surface area contributed by atoms with Crippen LogP contribution in [0.15, 0.2) is 77.3 Å². The Morgan fingerprint density at radius 2 is 1.71 bits per heavy atom. The van der Waals surface area contributed by atoms with Crippen LogP contribution >= 0.6 is 0 Å². The summed E-state index contributed by atoms with van der Waals surface area (Å²) in [6.45, 7) is 2.41. The molecule has 0 spiro atoms. The molecule has 2 N–H and O–H groups in total. The Bertz CT molecular complexity index is 1300. The zero-order valence-electron chi connectivity index (χ0n) is 19.6. The Morgan fingerprint density at radius 3 is 2.46 bits per heavy atom. The molecule has 0 aliphatic carbocycles. The summed E-state index contributed by atoms with van der Waals surface area (Å²) in [5.41, 5.74) is 3.79. The molecule has 0 fully saturated rings. The van der Waals surface area contributed by atoms with Gasteiger partial charge in [-0.3, -0.25) is 9.59 Å². The van der Waals surface area contributed by atoms with Crippen molar-refractivity contribution in [3.05, 3.63) is 95.4 Å². The molecule has 0 atom stereocenters. The summed E-state index contributed by atoms with van der Waals surface area (Å²) in [5.74, 6) is 1.02. The van der Waals surface area contributed by atoms with Crippen molar-refractivity contribution in [2.45, 2.75) is 26.3 Å². The molecule has 2 amide bonds. The van der Waals surface area contributed by atoms with E-state index in [9.17, 15) is 9.59 Å². The first-order valence-electron chi connectivity index (χ1n) is 11.2. The number of carbonyl (C=O) groups is 2. The molecule has 35 heavy (non-hydrogen) atoms. The molecule has 0 aliphatic rings. The Balaban J connectivity index is 1.32. The number of carbonyl (C=O) groups excluding carboxylic acids is 2. The monoisotopic (exact) mass is 470 g/mol. The summed E-state index contributed by atoms with van der Waals surface area (Å²) in [5, 5.41) is 9.70. The van der Waals surface area contributed by atoms with Crippen LogP contribution in [0.2, 0.25) is 0 Å². The molecule has 0 aliphatic heterocycles. The third kappa shape index (κ3) is 6.32. The number of hydrogen-bond acceptors (Lipinski definition) is 6. The van der Waals surface area contributed by atoms with Gasteiger partial charge in [0.2, 0.25) is 17.6 Å². The van der Waals surface area contributed by atoms with Gasteiger partial charge in [0, 0.05) is 24.9 Å². The molecule has 0 saturated carbocycles. The van der Waals surface area contributed by atoms with Crippen molar-refractivity contribution < 1.29 is 18.8 Å². The highest BCUT2D eigenvalue weighted by atomic mass is 16.5. The summed E-state index contributed by atoms with van der Waals surface area (Å²) >= 11 is 0. The largest absolute Gasteiger partial charge is 0.497 e. The van der Waals surface area contributed by atoms with Crippen molar-refractivity contribution >= 4 is 17.5 Å². The van der Waals surface area contributed by atoms with Crippen LogP contribution in [0.3, 0.4) is 0 Å². The average Bonchev–Trinajstić information content (AvgIpc) is 3.36. The van der Waals surface area contributed by atoms with E-state index < -0.39 is 0 Å². The fourth-order valence-electron chi connectivity index (χ4n) is 3.42. The van der Waals surface area contributed by atoms with Gasteiger partial charge in [-0.25, -0.2) is 0 Å². The van der Waals surface area contributed by atoms with Crippen LogP contribution in [0.5, 0.6) is 5.75 Å². The van der Waals surface area contributed by atoms with E-state index in [1.54, 1.807) is 31.4 Å². The number of hydrogen-bond donors (Lipinski definition) is 2.